The Morgan fingerprint density at radius 2 is 1.73 bits per heavy atom. The number of anilines is 2. The van der Waals surface area contributed by atoms with Gasteiger partial charge >= 0.3 is 12.0 Å². The molecule has 0 atom stereocenters. The highest BCUT2D eigenvalue weighted by molar-refractivity contribution is 6.06. The minimum atomic E-state index is -0.460. The zero-order valence-electron chi connectivity index (χ0n) is 26.1. The molecule has 1 fully saturated rings. The van der Waals surface area contributed by atoms with Crippen molar-refractivity contribution in [1.29, 1.82) is 0 Å². The molecule has 13 nitrogen and oxygen atoms in total. The summed E-state index contributed by atoms with van der Waals surface area (Å²) >= 11 is 0. The second-order valence-electron chi connectivity index (χ2n) is 10.7. The fraction of sp³-hybridized carbons (Fsp3) is 0.406. The second-order valence-corrected chi connectivity index (χ2v) is 10.7. The fourth-order valence-electron chi connectivity index (χ4n) is 5.13. The number of nitrogens with zero attached hydrogens (tertiary/aromatic N) is 6. The quantitative estimate of drug-likeness (QED) is 0.177. The predicted molar refractivity (Wildman–Crippen MR) is 169 cm³/mol. The number of carbonyl (C=O) groups excluding carboxylic acids is 2. The minimum Gasteiger partial charge on any atom is -0.493 e. The molecule has 0 radical (unpaired) electrons. The van der Waals surface area contributed by atoms with Crippen LogP contribution in [0.3, 0.4) is 0 Å². The van der Waals surface area contributed by atoms with E-state index in [4.69, 9.17) is 18.9 Å². The van der Waals surface area contributed by atoms with Crippen molar-refractivity contribution in [2.75, 3.05) is 56.7 Å². The molecular weight excluding hydrogens is 578 g/mol. The number of methoxy groups -OCH3 is 1. The van der Waals surface area contributed by atoms with Crippen LogP contribution in [0.5, 0.6) is 17.2 Å². The van der Waals surface area contributed by atoms with Crippen molar-refractivity contribution < 1.29 is 28.5 Å². The average molecular weight is 618 g/mol. The Kier molecular flexibility index (Phi) is 10.2. The molecule has 0 saturated carbocycles. The van der Waals surface area contributed by atoms with Gasteiger partial charge in [-0.05, 0) is 51.1 Å². The highest BCUT2D eigenvalue weighted by Gasteiger charge is 2.28. The molecule has 0 aliphatic carbocycles. The van der Waals surface area contributed by atoms with Crippen molar-refractivity contribution in [2.45, 2.75) is 39.8 Å². The first kappa shape index (κ1) is 31.4. The summed E-state index contributed by atoms with van der Waals surface area (Å²) in [6, 6.07) is 10.8. The molecule has 3 heterocycles. The van der Waals surface area contributed by atoms with Crippen LogP contribution in [-0.2, 0) is 11.3 Å². The molecule has 2 amide bonds. The van der Waals surface area contributed by atoms with Gasteiger partial charge in [-0.2, -0.15) is 15.0 Å². The van der Waals surface area contributed by atoms with Crippen molar-refractivity contribution >= 4 is 34.3 Å². The van der Waals surface area contributed by atoms with E-state index < -0.39 is 5.97 Å². The molecule has 238 valence electrons. The molecule has 2 aromatic heterocycles. The first-order valence-corrected chi connectivity index (χ1v) is 15.1. The Bertz CT molecular complexity index is 1590. The number of fused-ring (bicyclic) bond motifs is 1. The lowest BCUT2D eigenvalue weighted by Gasteiger charge is -2.37. The molecular formula is C32H39N7O6. The van der Waals surface area contributed by atoms with E-state index in [1.165, 1.54) is 0 Å². The average Bonchev–Trinajstić information content (AvgIpc) is 3.57. The number of nitrogens with one attached hydrogen (secondary N) is 1. The zero-order valence-corrected chi connectivity index (χ0v) is 26.1. The van der Waals surface area contributed by atoms with E-state index in [0.717, 1.165) is 11.1 Å². The number of pyridine rings is 1. The van der Waals surface area contributed by atoms with Gasteiger partial charge in [-0.1, -0.05) is 0 Å². The number of amides is 2. The summed E-state index contributed by atoms with van der Waals surface area (Å²) in [5.41, 5.74) is 2.38. The summed E-state index contributed by atoms with van der Waals surface area (Å²) in [6.07, 6.45) is 5.59. The normalized spacial score (nSPS) is 13.2. The lowest BCUT2D eigenvalue weighted by Crippen LogP contribution is -2.50. The second kappa shape index (κ2) is 14.6. The van der Waals surface area contributed by atoms with Crippen molar-refractivity contribution in [2.24, 2.45) is 0 Å². The number of benzene rings is 2. The third-order valence-electron chi connectivity index (χ3n) is 7.21. The van der Waals surface area contributed by atoms with Gasteiger partial charge in [-0.15, -0.1) is 0 Å². The summed E-state index contributed by atoms with van der Waals surface area (Å²) in [5, 5.41) is 11.9. The van der Waals surface area contributed by atoms with Gasteiger partial charge in [0.25, 0.3) is 0 Å². The van der Waals surface area contributed by atoms with Gasteiger partial charge in [0.1, 0.15) is 11.3 Å². The van der Waals surface area contributed by atoms with Crippen LogP contribution >= 0.6 is 0 Å². The van der Waals surface area contributed by atoms with Gasteiger partial charge in [0.2, 0.25) is 0 Å². The molecule has 1 aliphatic heterocycles. The zero-order chi connectivity index (χ0) is 31.8. The summed E-state index contributed by atoms with van der Waals surface area (Å²) in [4.78, 5) is 36.2. The Balaban J connectivity index is 1.32. The molecule has 45 heavy (non-hydrogen) atoms. The van der Waals surface area contributed by atoms with Crippen LogP contribution in [0.2, 0.25) is 0 Å². The maximum Gasteiger partial charge on any atom is 0.341 e. The Morgan fingerprint density at radius 3 is 2.40 bits per heavy atom. The number of ether oxygens (including phenoxy) is 4. The van der Waals surface area contributed by atoms with E-state index in [-0.39, 0.29) is 18.7 Å². The molecule has 4 aromatic rings. The van der Waals surface area contributed by atoms with Crippen LogP contribution in [0.1, 0.15) is 37.6 Å². The molecule has 13 heteroatoms. The number of urea groups is 1. The van der Waals surface area contributed by atoms with Crippen molar-refractivity contribution in [3.8, 4) is 17.2 Å². The van der Waals surface area contributed by atoms with Gasteiger partial charge in [-0.3, -0.25) is 4.98 Å². The van der Waals surface area contributed by atoms with Crippen LogP contribution in [0.25, 0.3) is 10.9 Å². The molecule has 0 spiro atoms. The van der Waals surface area contributed by atoms with Crippen molar-refractivity contribution in [3.63, 3.8) is 0 Å². The fourth-order valence-corrected chi connectivity index (χ4v) is 5.13. The van der Waals surface area contributed by atoms with Crippen LogP contribution < -0.4 is 24.4 Å². The molecule has 0 bridgehead atoms. The molecule has 0 unspecified atom stereocenters. The van der Waals surface area contributed by atoms with E-state index >= 15 is 0 Å². The van der Waals surface area contributed by atoms with E-state index in [9.17, 15) is 9.59 Å². The molecule has 1 aliphatic rings. The number of piperazine rings is 1. The molecule has 1 N–H and O–H groups in total. The topological polar surface area (TPSA) is 133 Å². The summed E-state index contributed by atoms with van der Waals surface area (Å²) in [5.74, 6) is 1.35. The summed E-state index contributed by atoms with van der Waals surface area (Å²) < 4.78 is 22.8. The molecule has 2 aromatic carbocycles. The third kappa shape index (κ3) is 7.72. The highest BCUT2D eigenvalue weighted by atomic mass is 16.5. The maximum atomic E-state index is 13.1. The number of hydrogen-bond acceptors (Lipinski definition) is 10. The van der Waals surface area contributed by atoms with Gasteiger partial charge in [0.05, 0.1) is 56.6 Å². The van der Waals surface area contributed by atoms with Crippen LogP contribution in [0.15, 0.2) is 55.0 Å². The van der Waals surface area contributed by atoms with Gasteiger partial charge in [-0.25, -0.2) is 9.59 Å². The van der Waals surface area contributed by atoms with Crippen LogP contribution in [0.4, 0.5) is 16.2 Å². The predicted octanol–water partition coefficient (Wildman–Crippen LogP) is 4.62. The standard InChI is InChI=1S/C32H39N7O6/c1-5-43-31(40)26-21-33-27-20-29(44-18-6-13-39-34-11-12-35-39)28(42-4)19-25(27)30(26)37-14-16-38(17-15-37)32(41)36-23-7-9-24(10-8-23)45-22(2)3/h7-12,19-22H,5-6,13-18H2,1-4H3,(H,36,41). The number of rotatable bonds is 12. The molecule has 5 rings (SSSR count). The summed E-state index contributed by atoms with van der Waals surface area (Å²) in [7, 11) is 1.58. The monoisotopic (exact) mass is 617 g/mol. The van der Waals surface area contributed by atoms with Gasteiger partial charge < -0.3 is 34.1 Å². The number of carbonyl (C=O) groups is 2. The van der Waals surface area contributed by atoms with E-state index in [2.05, 4.69) is 25.4 Å². The number of hydrogen-bond donors (Lipinski definition) is 1. The third-order valence-corrected chi connectivity index (χ3v) is 7.21. The van der Waals surface area contributed by atoms with Gasteiger partial charge in [0, 0.05) is 55.9 Å². The van der Waals surface area contributed by atoms with E-state index in [0.29, 0.717) is 79.7 Å². The van der Waals surface area contributed by atoms with Gasteiger partial charge in [0.15, 0.2) is 11.5 Å². The molecule has 1 saturated heterocycles. The minimum absolute atomic E-state index is 0.0709. The highest BCUT2D eigenvalue weighted by Crippen LogP contribution is 2.38. The van der Waals surface area contributed by atoms with E-state index in [1.54, 1.807) is 42.3 Å². The SMILES string of the molecule is CCOC(=O)c1cnc2cc(OCCCn3nccn3)c(OC)cc2c1N1CCN(C(=O)Nc2ccc(OC(C)C)cc2)CC1. The van der Waals surface area contributed by atoms with Crippen LogP contribution in [0, 0.1) is 0 Å². The van der Waals surface area contributed by atoms with E-state index in [1.807, 2.05) is 50.2 Å². The lowest BCUT2D eigenvalue weighted by molar-refractivity contribution is 0.0526. The summed E-state index contributed by atoms with van der Waals surface area (Å²) in [6.45, 7) is 8.90. The Hall–Kier alpha value is -5.07. The Labute approximate surface area is 262 Å². The largest absolute Gasteiger partial charge is 0.493 e. The smallest absolute Gasteiger partial charge is 0.341 e. The Morgan fingerprint density at radius 1 is 1.00 bits per heavy atom. The van der Waals surface area contributed by atoms with Crippen LogP contribution in [-0.4, -0.2) is 89.5 Å². The number of aryl methyl sites for hydroxylation is 1. The first-order chi connectivity index (χ1) is 21.9. The number of aromatic nitrogens is 4. The van der Waals surface area contributed by atoms with Crippen molar-refractivity contribution in [3.05, 3.63) is 60.6 Å². The first-order valence-electron chi connectivity index (χ1n) is 15.1. The number of esters is 1. The lowest BCUT2D eigenvalue weighted by atomic mass is 10.1. The maximum absolute atomic E-state index is 13.1. The van der Waals surface area contributed by atoms with Crippen molar-refractivity contribution in [1.82, 2.24) is 24.9 Å².